The number of rotatable bonds is 5. The van der Waals surface area contributed by atoms with Gasteiger partial charge in [-0.05, 0) is 43.3 Å². The van der Waals surface area contributed by atoms with Crippen LogP contribution in [-0.4, -0.2) is 41.7 Å². The van der Waals surface area contributed by atoms with Crippen LogP contribution in [0.15, 0.2) is 23.2 Å². The minimum Gasteiger partial charge on any atom is -0.493 e. The number of methoxy groups -OCH3 is 1. The zero-order valence-electron chi connectivity index (χ0n) is 14.0. The third-order valence-electron chi connectivity index (χ3n) is 3.99. The van der Waals surface area contributed by atoms with Gasteiger partial charge in [-0.25, -0.2) is 4.79 Å². The molecule has 0 unspecified atom stereocenters. The van der Waals surface area contributed by atoms with E-state index in [1.54, 1.807) is 22.8 Å². The van der Waals surface area contributed by atoms with Crippen LogP contribution in [0.2, 0.25) is 5.02 Å². The highest BCUT2D eigenvalue weighted by atomic mass is 35.5. The molecule has 0 saturated carbocycles. The van der Waals surface area contributed by atoms with Gasteiger partial charge in [0.15, 0.2) is 3.95 Å². The Morgan fingerprint density at radius 3 is 3.12 bits per heavy atom. The van der Waals surface area contributed by atoms with Gasteiger partial charge >= 0.3 is 5.97 Å². The highest BCUT2D eigenvalue weighted by Crippen LogP contribution is 2.29. The molecule has 1 N–H and O–H groups in total. The van der Waals surface area contributed by atoms with Crippen LogP contribution >= 0.6 is 35.2 Å². The van der Waals surface area contributed by atoms with E-state index in [9.17, 15) is 9.90 Å². The Hall–Kier alpha value is -1.74. The minimum absolute atomic E-state index is 0.0425. The Labute approximate surface area is 164 Å². The Morgan fingerprint density at radius 2 is 2.42 bits per heavy atom. The number of carbonyl (C=O) groups is 1. The number of esters is 1. The first-order chi connectivity index (χ1) is 12.5. The lowest BCUT2D eigenvalue weighted by atomic mass is 10.2. The smallest absolute Gasteiger partial charge is 0.340 e. The number of aromatic hydroxyl groups is 1. The maximum Gasteiger partial charge on any atom is 0.340 e. The van der Waals surface area contributed by atoms with Crippen LogP contribution in [0.4, 0.5) is 5.69 Å². The predicted octanol–water partition coefficient (Wildman–Crippen LogP) is 4.35. The molecule has 9 heteroatoms. The highest BCUT2D eigenvalue weighted by Gasteiger charge is 2.20. The van der Waals surface area contributed by atoms with Crippen molar-refractivity contribution < 1.29 is 19.4 Å². The Balaban J connectivity index is 1.88. The first-order valence-electron chi connectivity index (χ1n) is 7.95. The number of aliphatic imine (C=N–C) groups is 1. The maximum atomic E-state index is 11.9. The van der Waals surface area contributed by atoms with E-state index in [1.807, 2.05) is 0 Å². The molecule has 1 atom stereocenters. The summed E-state index contributed by atoms with van der Waals surface area (Å²) in [6.45, 7) is 1.25. The van der Waals surface area contributed by atoms with Crippen molar-refractivity contribution in [3.05, 3.63) is 37.6 Å². The SMILES string of the molecule is COC(=O)c1ccc(Cl)cc1N=Cc1sc(=S)n(C[C@@H]2CCCO2)c1O. The largest absolute Gasteiger partial charge is 0.493 e. The topological polar surface area (TPSA) is 73.0 Å². The van der Waals surface area contributed by atoms with Crippen LogP contribution in [0.5, 0.6) is 5.88 Å². The van der Waals surface area contributed by atoms with Crippen LogP contribution in [-0.2, 0) is 16.0 Å². The number of benzene rings is 1. The van der Waals surface area contributed by atoms with Gasteiger partial charge in [0, 0.05) is 11.6 Å². The second-order valence-electron chi connectivity index (χ2n) is 5.71. The van der Waals surface area contributed by atoms with E-state index in [1.165, 1.54) is 24.7 Å². The van der Waals surface area contributed by atoms with E-state index in [4.69, 9.17) is 33.3 Å². The van der Waals surface area contributed by atoms with Gasteiger partial charge in [-0.15, -0.1) is 0 Å². The molecule has 1 aliphatic rings. The van der Waals surface area contributed by atoms with E-state index in [2.05, 4.69) is 4.99 Å². The summed E-state index contributed by atoms with van der Waals surface area (Å²) >= 11 is 12.6. The molecule has 1 aromatic carbocycles. The summed E-state index contributed by atoms with van der Waals surface area (Å²) < 4.78 is 12.5. The first-order valence-corrected chi connectivity index (χ1v) is 9.56. The number of ether oxygens (including phenoxy) is 2. The van der Waals surface area contributed by atoms with Crippen molar-refractivity contribution in [3.63, 3.8) is 0 Å². The molecule has 138 valence electrons. The van der Waals surface area contributed by atoms with Crippen molar-refractivity contribution in [2.24, 2.45) is 4.99 Å². The third kappa shape index (κ3) is 4.15. The number of thiazole rings is 1. The molecule has 6 nitrogen and oxygen atoms in total. The van der Waals surface area contributed by atoms with Gasteiger partial charge in [-0.1, -0.05) is 22.9 Å². The third-order valence-corrected chi connectivity index (χ3v) is 5.60. The molecule has 0 aliphatic carbocycles. The number of halogens is 1. The van der Waals surface area contributed by atoms with Crippen molar-refractivity contribution in [1.82, 2.24) is 4.57 Å². The molecule has 0 spiro atoms. The fourth-order valence-corrected chi connectivity index (χ4v) is 4.04. The van der Waals surface area contributed by atoms with Gasteiger partial charge in [0.05, 0.1) is 37.2 Å². The Morgan fingerprint density at radius 1 is 1.62 bits per heavy atom. The molecular weight excluding hydrogens is 396 g/mol. The molecule has 0 amide bonds. The van der Waals surface area contributed by atoms with Crippen LogP contribution in [0.25, 0.3) is 0 Å². The molecule has 1 saturated heterocycles. The number of nitrogens with zero attached hydrogens (tertiary/aromatic N) is 2. The van der Waals surface area contributed by atoms with Crippen molar-refractivity contribution in [1.29, 1.82) is 0 Å². The van der Waals surface area contributed by atoms with Crippen molar-refractivity contribution in [3.8, 4) is 5.88 Å². The fraction of sp³-hybridized carbons (Fsp3) is 0.353. The van der Waals surface area contributed by atoms with Gasteiger partial charge in [0.1, 0.15) is 4.88 Å². The predicted molar refractivity (Wildman–Crippen MR) is 104 cm³/mol. The first kappa shape index (κ1) is 19.0. The van der Waals surface area contributed by atoms with Crippen molar-refractivity contribution in [2.45, 2.75) is 25.5 Å². The molecule has 1 aromatic heterocycles. The average Bonchev–Trinajstić information content (AvgIpc) is 3.23. The molecular formula is C17H17ClN2O4S2. The van der Waals surface area contributed by atoms with E-state index >= 15 is 0 Å². The van der Waals surface area contributed by atoms with Gasteiger partial charge in [0.25, 0.3) is 0 Å². The second-order valence-corrected chi connectivity index (χ2v) is 7.82. The normalized spacial score (nSPS) is 17.1. The number of carbonyl (C=O) groups excluding carboxylic acids is 1. The quantitative estimate of drug-likeness (QED) is 0.449. The van der Waals surface area contributed by atoms with Crippen LogP contribution in [0.1, 0.15) is 28.1 Å². The summed E-state index contributed by atoms with van der Waals surface area (Å²) in [4.78, 5) is 16.7. The lowest BCUT2D eigenvalue weighted by molar-refractivity contribution is 0.0601. The summed E-state index contributed by atoms with van der Waals surface area (Å²) in [6.07, 6.45) is 3.50. The summed E-state index contributed by atoms with van der Waals surface area (Å²) in [5, 5.41) is 10.9. The molecule has 1 fully saturated rings. The summed E-state index contributed by atoms with van der Waals surface area (Å²) in [5.41, 5.74) is 0.642. The molecule has 0 radical (unpaired) electrons. The van der Waals surface area contributed by atoms with Gasteiger partial charge in [-0.3, -0.25) is 9.56 Å². The maximum absolute atomic E-state index is 11.9. The van der Waals surface area contributed by atoms with Gasteiger partial charge in [0.2, 0.25) is 5.88 Å². The minimum atomic E-state index is -0.512. The molecule has 26 heavy (non-hydrogen) atoms. The molecule has 1 aliphatic heterocycles. The molecule has 2 heterocycles. The standard InChI is InChI=1S/C17H17ClN2O4S2/c1-23-16(22)12-5-4-10(18)7-13(12)19-8-14-15(21)20(17(25)26-14)9-11-3-2-6-24-11/h4-5,7-8,11,21H,2-3,6,9H2,1H3/t11-/m0/s1. The van der Waals surface area contributed by atoms with Crippen molar-refractivity contribution in [2.75, 3.05) is 13.7 Å². The zero-order valence-corrected chi connectivity index (χ0v) is 16.4. The summed E-state index contributed by atoms with van der Waals surface area (Å²) in [6, 6.07) is 4.70. The average molecular weight is 413 g/mol. The number of hydrogen-bond donors (Lipinski definition) is 1. The van der Waals surface area contributed by atoms with Gasteiger partial charge in [-0.2, -0.15) is 0 Å². The van der Waals surface area contributed by atoms with E-state index in [-0.39, 0.29) is 17.5 Å². The fourth-order valence-electron chi connectivity index (χ4n) is 2.67. The van der Waals surface area contributed by atoms with E-state index in [0.29, 0.717) is 26.1 Å². The van der Waals surface area contributed by atoms with Crippen LogP contribution in [0, 0.1) is 3.95 Å². The highest BCUT2D eigenvalue weighted by molar-refractivity contribution is 7.73. The number of hydrogen-bond acceptors (Lipinski definition) is 7. The Kier molecular flexibility index (Phi) is 6.08. The summed E-state index contributed by atoms with van der Waals surface area (Å²) in [7, 11) is 1.30. The van der Waals surface area contributed by atoms with Crippen LogP contribution < -0.4 is 0 Å². The summed E-state index contributed by atoms with van der Waals surface area (Å²) in [5.74, 6) is -0.470. The zero-order chi connectivity index (χ0) is 18.7. The van der Waals surface area contributed by atoms with E-state index in [0.717, 1.165) is 19.4 Å². The Bertz CT molecular complexity index is 901. The van der Waals surface area contributed by atoms with E-state index < -0.39 is 5.97 Å². The van der Waals surface area contributed by atoms with Crippen molar-refractivity contribution >= 4 is 53.0 Å². The van der Waals surface area contributed by atoms with Gasteiger partial charge < -0.3 is 14.6 Å². The molecule has 3 rings (SSSR count). The second kappa shape index (κ2) is 8.30. The molecule has 0 bridgehead atoms. The lowest BCUT2D eigenvalue weighted by Gasteiger charge is -2.10. The number of aromatic nitrogens is 1. The molecule has 2 aromatic rings. The van der Waals surface area contributed by atoms with Crippen LogP contribution in [0.3, 0.4) is 0 Å². The lowest BCUT2D eigenvalue weighted by Crippen LogP contribution is -2.14. The monoisotopic (exact) mass is 412 g/mol.